The van der Waals surface area contributed by atoms with Gasteiger partial charge in [0.05, 0.1) is 0 Å². The Hall–Kier alpha value is -2.08. The van der Waals surface area contributed by atoms with Crippen molar-refractivity contribution in [1.29, 1.82) is 0 Å². The van der Waals surface area contributed by atoms with Crippen molar-refractivity contribution in [2.45, 2.75) is 19.3 Å². The Morgan fingerprint density at radius 3 is 1.47 bits per heavy atom. The van der Waals surface area contributed by atoms with E-state index in [4.69, 9.17) is 0 Å². The lowest BCUT2D eigenvalue weighted by Gasteiger charge is -1.98. The van der Waals surface area contributed by atoms with Gasteiger partial charge in [0.15, 0.2) is 0 Å². The largest absolute Gasteiger partial charge is 0.0842 e. The molecule has 0 spiro atoms. The van der Waals surface area contributed by atoms with Gasteiger partial charge in [0.2, 0.25) is 0 Å². The van der Waals surface area contributed by atoms with Crippen LogP contribution in [0.15, 0.2) is 72.8 Å². The lowest BCUT2D eigenvalue weighted by Crippen LogP contribution is -1.77. The van der Waals surface area contributed by atoms with Crippen molar-refractivity contribution in [2.75, 3.05) is 0 Å². The van der Waals surface area contributed by atoms with Gasteiger partial charge >= 0.3 is 0 Å². The molecular weight excluding hydrogens is 228 g/mol. The average Bonchev–Trinajstić information content (AvgIpc) is 2.88. The van der Waals surface area contributed by atoms with Gasteiger partial charge in [-0.05, 0) is 41.5 Å². The Labute approximate surface area is 115 Å². The van der Waals surface area contributed by atoms with Crippen molar-refractivity contribution in [1.82, 2.24) is 0 Å². The fourth-order valence-electron chi connectivity index (χ4n) is 2.62. The number of hydrogen-bond donors (Lipinski definition) is 0. The van der Waals surface area contributed by atoms with Gasteiger partial charge < -0.3 is 0 Å². The first-order valence-corrected chi connectivity index (χ1v) is 6.93. The average molecular weight is 246 g/mol. The number of hydrogen-bond acceptors (Lipinski definition) is 0. The first kappa shape index (κ1) is 12.0. The zero-order valence-electron chi connectivity index (χ0n) is 11.0. The van der Waals surface area contributed by atoms with Gasteiger partial charge in [-0.15, -0.1) is 0 Å². The van der Waals surface area contributed by atoms with Crippen LogP contribution in [-0.4, -0.2) is 0 Å². The Kier molecular flexibility index (Phi) is 3.60. The zero-order chi connectivity index (χ0) is 12.9. The molecule has 0 saturated heterocycles. The first-order valence-electron chi connectivity index (χ1n) is 6.93. The van der Waals surface area contributed by atoms with E-state index < -0.39 is 0 Å². The van der Waals surface area contributed by atoms with Gasteiger partial charge in [-0.3, -0.25) is 0 Å². The highest BCUT2D eigenvalue weighted by Crippen LogP contribution is 2.35. The summed E-state index contributed by atoms with van der Waals surface area (Å²) < 4.78 is 0. The minimum absolute atomic E-state index is 1.10. The van der Waals surface area contributed by atoms with E-state index in [2.05, 4.69) is 72.8 Å². The molecule has 4 rings (SSSR count). The predicted molar refractivity (Wildman–Crippen MR) is 82.2 cm³/mol. The van der Waals surface area contributed by atoms with E-state index >= 15 is 0 Å². The second-order valence-corrected chi connectivity index (χ2v) is 4.92. The molecule has 0 amide bonds. The van der Waals surface area contributed by atoms with Crippen LogP contribution in [0.4, 0.5) is 0 Å². The van der Waals surface area contributed by atoms with Crippen molar-refractivity contribution in [3.8, 4) is 11.1 Å². The van der Waals surface area contributed by atoms with Crippen LogP contribution in [0, 0.1) is 0 Å². The molecule has 0 fully saturated rings. The van der Waals surface area contributed by atoms with Crippen LogP contribution < -0.4 is 0 Å². The third-order valence-electron chi connectivity index (χ3n) is 3.59. The predicted octanol–water partition coefficient (Wildman–Crippen LogP) is 5.15. The molecule has 0 nitrogen and oxygen atoms in total. The van der Waals surface area contributed by atoms with Crippen molar-refractivity contribution < 1.29 is 0 Å². The highest BCUT2D eigenvalue weighted by molar-refractivity contribution is 5.76. The molecule has 2 aliphatic rings. The van der Waals surface area contributed by atoms with Crippen LogP contribution >= 0.6 is 0 Å². The molecule has 0 aliphatic heterocycles. The van der Waals surface area contributed by atoms with Crippen molar-refractivity contribution in [2.24, 2.45) is 0 Å². The SMILES string of the molecule is C1=CCCC=C1.c1ccc2c(c1)Cc1ccccc1-2. The van der Waals surface area contributed by atoms with Gasteiger partial charge in [-0.2, -0.15) is 0 Å². The van der Waals surface area contributed by atoms with Crippen LogP contribution in [-0.2, 0) is 6.42 Å². The summed E-state index contributed by atoms with van der Waals surface area (Å²) in [6, 6.07) is 17.3. The number of fused-ring (bicyclic) bond motifs is 3. The van der Waals surface area contributed by atoms with Gasteiger partial charge in [0.25, 0.3) is 0 Å². The monoisotopic (exact) mass is 246 g/mol. The summed E-state index contributed by atoms with van der Waals surface area (Å²) in [6.07, 6.45) is 12.1. The Balaban J connectivity index is 0.000000155. The maximum atomic E-state index is 2.22. The smallest absolute Gasteiger partial charge is 0.00135 e. The Morgan fingerprint density at radius 2 is 1.05 bits per heavy atom. The minimum Gasteiger partial charge on any atom is -0.0842 e. The minimum atomic E-state index is 1.10. The zero-order valence-corrected chi connectivity index (χ0v) is 11.0. The van der Waals surface area contributed by atoms with Crippen LogP contribution in [0.1, 0.15) is 24.0 Å². The van der Waals surface area contributed by atoms with E-state index in [1.807, 2.05) is 0 Å². The summed E-state index contributed by atoms with van der Waals surface area (Å²) in [4.78, 5) is 0. The lowest BCUT2D eigenvalue weighted by atomic mass is 10.1. The molecule has 2 aromatic rings. The molecule has 0 heteroatoms. The van der Waals surface area contributed by atoms with Gasteiger partial charge in [0, 0.05) is 0 Å². The third kappa shape index (κ3) is 2.68. The van der Waals surface area contributed by atoms with Crippen LogP contribution in [0.2, 0.25) is 0 Å². The summed E-state index contributed by atoms with van der Waals surface area (Å²) in [7, 11) is 0. The molecule has 19 heavy (non-hydrogen) atoms. The van der Waals surface area contributed by atoms with E-state index in [0.717, 1.165) is 6.42 Å². The van der Waals surface area contributed by atoms with Crippen molar-refractivity contribution in [3.63, 3.8) is 0 Å². The molecule has 0 atom stereocenters. The van der Waals surface area contributed by atoms with E-state index in [1.54, 1.807) is 0 Å². The third-order valence-corrected chi connectivity index (χ3v) is 3.59. The summed E-state index contributed by atoms with van der Waals surface area (Å²) >= 11 is 0. The molecule has 0 saturated carbocycles. The fraction of sp³-hybridized carbons (Fsp3) is 0.158. The van der Waals surface area contributed by atoms with Crippen LogP contribution in [0.5, 0.6) is 0 Å². The van der Waals surface area contributed by atoms with Crippen LogP contribution in [0.3, 0.4) is 0 Å². The highest BCUT2D eigenvalue weighted by Gasteiger charge is 2.15. The summed E-state index contributed by atoms with van der Waals surface area (Å²) in [5.41, 5.74) is 5.75. The molecule has 2 aliphatic carbocycles. The summed E-state index contributed by atoms with van der Waals surface area (Å²) in [6.45, 7) is 0. The standard InChI is InChI=1S/C13H10.C6H8/c1-3-7-12-10(5-1)9-11-6-2-4-8-13(11)12;1-2-4-6-5-3-1/h1-8H,9H2;1-4H,5-6H2. The van der Waals surface area contributed by atoms with E-state index in [9.17, 15) is 0 Å². The maximum Gasteiger partial charge on any atom is -0.00135 e. The topological polar surface area (TPSA) is 0 Å². The first-order chi connectivity index (χ1) is 9.45. The van der Waals surface area contributed by atoms with Crippen molar-refractivity contribution in [3.05, 3.63) is 84.0 Å². The molecule has 0 N–H and O–H groups in total. The van der Waals surface area contributed by atoms with Gasteiger partial charge in [-0.25, -0.2) is 0 Å². The number of rotatable bonds is 0. The lowest BCUT2D eigenvalue weighted by molar-refractivity contribution is 1.04. The molecule has 0 radical (unpaired) electrons. The van der Waals surface area contributed by atoms with E-state index in [-0.39, 0.29) is 0 Å². The van der Waals surface area contributed by atoms with Gasteiger partial charge in [0.1, 0.15) is 0 Å². The second-order valence-electron chi connectivity index (χ2n) is 4.92. The molecule has 0 unspecified atom stereocenters. The summed E-state index contributed by atoms with van der Waals surface area (Å²) in [5.74, 6) is 0. The quantitative estimate of drug-likeness (QED) is 0.514. The molecule has 2 aromatic carbocycles. The number of benzene rings is 2. The van der Waals surface area contributed by atoms with Crippen LogP contribution in [0.25, 0.3) is 11.1 Å². The summed E-state index contributed by atoms with van der Waals surface area (Å²) in [5, 5.41) is 0. The van der Waals surface area contributed by atoms with Crippen molar-refractivity contribution >= 4 is 0 Å². The Morgan fingerprint density at radius 1 is 0.579 bits per heavy atom. The molecule has 0 bridgehead atoms. The fourth-order valence-corrected chi connectivity index (χ4v) is 2.62. The van der Waals surface area contributed by atoms with E-state index in [0.29, 0.717) is 0 Å². The molecular formula is C19H18. The maximum absolute atomic E-state index is 2.22. The Bertz CT molecular complexity index is 562. The highest BCUT2D eigenvalue weighted by atomic mass is 14.2. The normalized spacial score (nSPS) is 14.3. The van der Waals surface area contributed by atoms with Gasteiger partial charge in [-0.1, -0.05) is 72.8 Å². The van der Waals surface area contributed by atoms with E-state index in [1.165, 1.54) is 35.1 Å². The molecule has 0 heterocycles. The number of allylic oxidation sites excluding steroid dienone is 4. The molecule has 0 aromatic heterocycles. The second kappa shape index (κ2) is 5.71. The molecule has 94 valence electrons.